The fourth-order valence-electron chi connectivity index (χ4n) is 0. The van der Waals surface area contributed by atoms with Gasteiger partial charge in [0.25, 0.3) is 0 Å². The third-order valence-corrected chi connectivity index (χ3v) is 0. The second kappa shape index (κ2) is 12.1. The molecule has 0 atom stereocenters. The molecule has 0 spiro atoms. The molecular formula is CHMnO2-. The summed E-state index contributed by atoms with van der Waals surface area (Å²) in [5.41, 5.74) is 0. The van der Waals surface area contributed by atoms with Gasteiger partial charge < -0.3 is 9.90 Å². The van der Waals surface area contributed by atoms with Gasteiger partial charge in [0.1, 0.15) is 0 Å². The van der Waals surface area contributed by atoms with Gasteiger partial charge >= 0.3 is 0 Å². The number of rotatable bonds is 0. The van der Waals surface area contributed by atoms with Gasteiger partial charge in [0, 0.05) is 17.1 Å². The van der Waals surface area contributed by atoms with Gasteiger partial charge in [-0.2, -0.15) is 0 Å². The molecule has 0 unspecified atom stereocenters. The van der Waals surface area contributed by atoms with Crippen LogP contribution < -0.4 is 0 Å². The summed E-state index contributed by atoms with van der Waals surface area (Å²) in [4.78, 5) is 8.24. The van der Waals surface area contributed by atoms with Crippen LogP contribution >= 0.6 is 0 Å². The van der Waals surface area contributed by atoms with E-state index in [9.17, 15) is 0 Å². The van der Waals surface area contributed by atoms with E-state index in [0.29, 0.717) is 6.47 Å². The standard InChI is InChI=1S/CHO2.Mn/c2-1-3;/h(H,2,3);/q-1;. The molecule has 0 saturated carbocycles. The average Bonchev–Trinajstić information content (AvgIpc) is 0.918. The van der Waals surface area contributed by atoms with Gasteiger partial charge in [-0.25, -0.2) is 0 Å². The van der Waals surface area contributed by atoms with E-state index in [2.05, 4.69) is 0 Å². The van der Waals surface area contributed by atoms with E-state index in [1.807, 2.05) is 0 Å². The van der Waals surface area contributed by atoms with E-state index < -0.39 is 0 Å². The zero-order chi connectivity index (χ0) is 2.71. The van der Waals surface area contributed by atoms with Crippen molar-refractivity contribution in [1.82, 2.24) is 0 Å². The molecule has 0 aromatic heterocycles. The normalized spacial score (nSPS) is 3.00. The van der Waals surface area contributed by atoms with Gasteiger partial charge in [0.15, 0.2) is 0 Å². The van der Waals surface area contributed by atoms with Crippen LogP contribution in [0.1, 0.15) is 0 Å². The summed E-state index contributed by atoms with van der Waals surface area (Å²) >= 11 is 0. The summed E-state index contributed by atoms with van der Waals surface area (Å²) in [6.07, 6.45) is 0. The van der Waals surface area contributed by atoms with E-state index in [0.717, 1.165) is 0 Å². The fraction of sp³-hybridized carbons (Fsp3) is 0. The van der Waals surface area contributed by atoms with Gasteiger partial charge in [0.05, 0.1) is 0 Å². The Hall–Kier alpha value is -0.0105. The first-order valence-electron chi connectivity index (χ1n) is 0.428. The molecule has 4 heavy (non-hydrogen) atoms. The van der Waals surface area contributed by atoms with Crippen molar-refractivity contribution in [2.75, 3.05) is 0 Å². The minimum atomic E-state index is 0. The molecule has 0 aliphatic heterocycles. The largest absolute Gasteiger partial charge is 0.665 e. The van der Waals surface area contributed by atoms with Crippen molar-refractivity contribution in [3.63, 3.8) is 0 Å². The molecule has 3 heteroatoms. The van der Waals surface area contributed by atoms with Crippen molar-refractivity contribution < 1.29 is 27.0 Å². The van der Waals surface area contributed by atoms with Crippen molar-refractivity contribution in [1.29, 1.82) is 0 Å². The molecule has 0 saturated heterocycles. The Kier molecular flexibility index (Phi) is 27.2. The molecule has 2 nitrogen and oxygen atoms in total. The van der Waals surface area contributed by atoms with Gasteiger partial charge in [-0.15, -0.1) is 0 Å². The van der Waals surface area contributed by atoms with Gasteiger partial charge in [0.2, 0.25) is 0 Å². The fourth-order valence-corrected chi connectivity index (χ4v) is 0. The first kappa shape index (κ1) is 9.01. The topological polar surface area (TPSA) is 37.3 Å². The van der Waals surface area contributed by atoms with E-state index in [-0.39, 0.29) is 17.1 Å². The first-order chi connectivity index (χ1) is 1.41. The smallest absolute Gasteiger partial charge is 0 e. The molecule has 1 radical (unpaired) electrons. The Morgan fingerprint density at radius 2 is 1.75 bits per heavy atom. The van der Waals surface area contributed by atoms with Crippen LogP contribution in [0.2, 0.25) is 0 Å². The van der Waals surface area contributed by atoms with Crippen LogP contribution in [0, 0.1) is 0 Å². The van der Waals surface area contributed by atoms with Crippen LogP contribution in [0.15, 0.2) is 0 Å². The molecule has 0 fully saturated rings. The maximum absolute atomic E-state index is 8.24. The van der Waals surface area contributed by atoms with Crippen molar-refractivity contribution in [3.05, 3.63) is 0 Å². The van der Waals surface area contributed by atoms with E-state index >= 15 is 0 Å². The van der Waals surface area contributed by atoms with Gasteiger partial charge in [-0.1, -0.05) is 6.47 Å². The second-order valence-electron chi connectivity index (χ2n) is 0.0913. The van der Waals surface area contributed by atoms with Crippen LogP contribution in [-0.2, 0) is 21.9 Å². The summed E-state index contributed by atoms with van der Waals surface area (Å²) in [6, 6.07) is 0. The van der Waals surface area contributed by atoms with E-state index in [4.69, 9.17) is 9.90 Å². The second-order valence-corrected chi connectivity index (χ2v) is 0.0913. The molecular weight excluding hydrogens is 98.9 g/mol. The minimum Gasteiger partial charge on any atom is -0.665 e. The number of hydrogen-bond donors (Lipinski definition) is 1. The van der Waals surface area contributed by atoms with Crippen LogP contribution in [0.25, 0.3) is 0 Å². The predicted octanol–water partition coefficient (Wildman–Crippen LogP) is -0.391. The summed E-state index contributed by atoms with van der Waals surface area (Å²) in [7, 11) is 0. The summed E-state index contributed by atoms with van der Waals surface area (Å²) in [6.45, 7) is 0.500. The zero-order valence-corrected chi connectivity index (χ0v) is 2.91. The van der Waals surface area contributed by atoms with E-state index in [1.165, 1.54) is 0 Å². The van der Waals surface area contributed by atoms with Crippen molar-refractivity contribution in [2.24, 2.45) is 0 Å². The molecule has 0 aromatic rings. The molecule has 1 N–H and O–H groups in total. The summed E-state index contributed by atoms with van der Waals surface area (Å²) in [5.74, 6) is 0. The average molecular weight is 100.0 g/mol. The molecule has 0 bridgehead atoms. The number of hydrogen-bond acceptors (Lipinski definition) is 1. The quantitative estimate of drug-likeness (QED) is 0.332. The molecule has 0 amide bonds. The van der Waals surface area contributed by atoms with Crippen LogP contribution in [0.3, 0.4) is 0 Å². The van der Waals surface area contributed by atoms with Gasteiger partial charge in [-0.05, 0) is 0 Å². The Balaban J connectivity index is 0. The zero-order valence-electron chi connectivity index (χ0n) is 1.73. The first-order valence-corrected chi connectivity index (χ1v) is 0.428. The van der Waals surface area contributed by atoms with Crippen molar-refractivity contribution >= 4 is 6.47 Å². The SMILES string of the molecule is O=[C-]O.[Mn]. The Bertz CT molecular complexity index is 13.5. The molecule has 25 valence electrons. The van der Waals surface area contributed by atoms with E-state index in [1.54, 1.807) is 0 Å². The molecule has 0 rings (SSSR count). The Morgan fingerprint density at radius 3 is 1.75 bits per heavy atom. The summed E-state index contributed by atoms with van der Waals surface area (Å²) < 4.78 is 0. The Labute approximate surface area is 34.3 Å². The maximum Gasteiger partial charge on any atom is 0 e. The molecule has 0 aliphatic rings. The van der Waals surface area contributed by atoms with Crippen LogP contribution in [0.4, 0.5) is 0 Å². The maximum atomic E-state index is 8.24. The van der Waals surface area contributed by atoms with Crippen molar-refractivity contribution in [2.45, 2.75) is 0 Å². The third-order valence-electron chi connectivity index (χ3n) is 0. The predicted molar refractivity (Wildman–Crippen MR) is 8.32 cm³/mol. The van der Waals surface area contributed by atoms with Crippen LogP contribution in [0.5, 0.6) is 0 Å². The Morgan fingerprint density at radius 1 is 1.75 bits per heavy atom. The van der Waals surface area contributed by atoms with Crippen LogP contribution in [-0.4, -0.2) is 11.6 Å². The van der Waals surface area contributed by atoms with Gasteiger partial charge in [-0.3, -0.25) is 0 Å². The monoisotopic (exact) mass is 99.9 g/mol. The minimum absolute atomic E-state index is 0. The summed E-state index contributed by atoms with van der Waals surface area (Å²) in [5, 5.41) is 6.76. The molecule has 0 heterocycles. The third kappa shape index (κ3) is 17600. The van der Waals surface area contributed by atoms with Crippen molar-refractivity contribution in [3.8, 4) is 0 Å². The number of aliphatic hydroxyl groups excluding tert-OH is 1. The molecule has 0 aromatic carbocycles. The molecule has 0 aliphatic carbocycles.